The number of ether oxygens (including phenoxy) is 3. The summed E-state index contributed by atoms with van der Waals surface area (Å²) < 4.78 is 16.4. The first kappa shape index (κ1) is 16.7. The fraction of sp³-hybridized carbons (Fsp3) is 0.316. The number of hydrogen-bond acceptors (Lipinski definition) is 4. The normalized spacial score (nSPS) is 13.4. The molecule has 0 bridgehead atoms. The van der Waals surface area contributed by atoms with Crippen molar-refractivity contribution in [3.05, 3.63) is 58.6 Å². The van der Waals surface area contributed by atoms with Gasteiger partial charge in [-0.25, -0.2) is 4.79 Å². The Morgan fingerprint density at radius 1 is 1.12 bits per heavy atom. The minimum absolute atomic E-state index is 0.289. The van der Waals surface area contributed by atoms with E-state index in [-0.39, 0.29) is 5.56 Å². The smallest absolute Gasteiger partial charge is 0.341 e. The largest absolute Gasteiger partial charge is 0.492 e. The standard InChI is InChI=1S/C19H19ClO4/c1-22-19(21)15-9-16(20)18(24-12-14-7-8-14)10-17(15)23-11-13-5-3-2-4-6-13/h2-6,9-10,14H,7-8,11-12H2,1H3. The Bertz CT molecular complexity index is 711. The molecule has 2 aromatic rings. The van der Waals surface area contributed by atoms with Crippen molar-refractivity contribution < 1.29 is 19.0 Å². The van der Waals surface area contributed by atoms with Crippen LogP contribution in [0, 0.1) is 5.92 Å². The molecule has 0 heterocycles. The lowest BCUT2D eigenvalue weighted by Crippen LogP contribution is -2.07. The summed E-state index contributed by atoms with van der Waals surface area (Å²) in [6.45, 7) is 0.976. The topological polar surface area (TPSA) is 44.8 Å². The second-order valence-corrected chi connectivity index (χ2v) is 6.21. The summed E-state index contributed by atoms with van der Waals surface area (Å²) in [5.41, 5.74) is 1.29. The number of halogens is 1. The van der Waals surface area contributed by atoms with Gasteiger partial charge in [0, 0.05) is 6.07 Å². The number of esters is 1. The summed E-state index contributed by atoms with van der Waals surface area (Å²) in [6, 6.07) is 12.9. The number of hydrogen-bond donors (Lipinski definition) is 0. The molecule has 5 heteroatoms. The summed E-state index contributed by atoms with van der Waals surface area (Å²) in [4.78, 5) is 12.0. The molecule has 0 N–H and O–H groups in total. The van der Waals surface area contributed by atoms with Gasteiger partial charge in [0.25, 0.3) is 0 Å². The molecule has 0 spiro atoms. The molecule has 126 valence electrons. The van der Waals surface area contributed by atoms with Gasteiger partial charge in [0.1, 0.15) is 23.7 Å². The van der Waals surface area contributed by atoms with Gasteiger partial charge in [0.15, 0.2) is 0 Å². The van der Waals surface area contributed by atoms with Crippen LogP contribution in [0.2, 0.25) is 5.02 Å². The molecule has 3 rings (SSSR count). The number of carbonyl (C=O) groups excluding carboxylic acids is 1. The zero-order valence-electron chi connectivity index (χ0n) is 13.5. The maximum atomic E-state index is 12.0. The van der Waals surface area contributed by atoms with Gasteiger partial charge >= 0.3 is 5.97 Å². The van der Waals surface area contributed by atoms with Gasteiger partial charge in [-0.1, -0.05) is 41.9 Å². The molecule has 0 amide bonds. The van der Waals surface area contributed by atoms with Crippen molar-refractivity contribution in [1.82, 2.24) is 0 Å². The monoisotopic (exact) mass is 346 g/mol. The van der Waals surface area contributed by atoms with Gasteiger partial charge in [-0.15, -0.1) is 0 Å². The van der Waals surface area contributed by atoms with Gasteiger partial charge in [-0.3, -0.25) is 0 Å². The van der Waals surface area contributed by atoms with Crippen molar-refractivity contribution in [2.75, 3.05) is 13.7 Å². The third-order valence-electron chi connectivity index (χ3n) is 3.85. The summed E-state index contributed by atoms with van der Waals surface area (Å²) >= 11 is 6.24. The summed E-state index contributed by atoms with van der Waals surface area (Å²) in [7, 11) is 1.33. The zero-order chi connectivity index (χ0) is 16.9. The summed E-state index contributed by atoms with van der Waals surface area (Å²) in [5, 5.41) is 0.378. The molecule has 0 saturated heterocycles. The Kier molecular flexibility index (Phi) is 5.26. The van der Waals surface area contributed by atoms with E-state index in [1.807, 2.05) is 30.3 Å². The highest BCUT2D eigenvalue weighted by Crippen LogP contribution is 2.36. The highest BCUT2D eigenvalue weighted by Gasteiger charge is 2.23. The van der Waals surface area contributed by atoms with E-state index in [1.165, 1.54) is 26.0 Å². The van der Waals surface area contributed by atoms with Crippen LogP contribution in [0.5, 0.6) is 11.5 Å². The zero-order valence-corrected chi connectivity index (χ0v) is 14.2. The third kappa shape index (κ3) is 4.20. The minimum atomic E-state index is -0.492. The summed E-state index contributed by atoms with van der Waals surface area (Å²) in [5.74, 6) is 1.05. The SMILES string of the molecule is COC(=O)c1cc(Cl)c(OCC2CC2)cc1OCc1ccccc1. The predicted octanol–water partition coefficient (Wildman–Crippen LogP) is 4.49. The molecule has 4 nitrogen and oxygen atoms in total. The van der Waals surface area contributed by atoms with E-state index < -0.39 is 5.97 Å². The van der Waals surface area contributed by atoms with E-state index in [9.17, 15) is 4.79 Å². The second-order valence-electron chi connectivity index (χ2n) is 5.80. The number of benzene rings is 2. The Balaban J connectivity index is 1.81. The maximum Gasteiger partial charge on any atom is 0.341 e. The average Bonchev–Trinajstić information content (AvgIpc) is 3.44. The molecule has 0 aliphatic heterocycles. The quantitative estimate of drug-likeness (QED) is 0.693. The van der Waals surface area contributed by atoms with Gasteiger partial charge in [-0.05, 0) is 30.4 Å². The van der Waals surface area contributed by atoms with Crippen LogP contribution >= 0.6 is 11.6 Å². The Morgan fingerprint density at radius 3 is 2.54 bits per heavy atom. The fourth-order valence-corrected chi connectivity index (χ4v) is 2.48. The van der Waals surface area contributed by atoms with Crippen LogP contribution in [-0.2, 0) is 11.3 Å². The molecule has 1 aliphatic rings. The van der Waals surface area contributed by atoms with Crippen molar-refractivity contribution in [2.45, 2.75) is 19.4 Å². The molecule has 2 aromatic carbocycles. The molecule has 0 unspecified atom stereocenters. The Hall–Kier alpha value is -2.20. The molecule has 1 fully saturated rings. The van der Waals surface area contributed by atoms with E-state index in [1.54, 1.807) is 6.07 Å². The van der Waals surface area contributed by atoms with Crippen LogP contribution in [-0.4, -0.2) is 19.7 Å². The van der Waals surface area contributed by atoms with Gasteiger partial charge in [0.2, 0.25) is 0 Å². The Labute approximate surface area is 146 Å². The lowest BCUT2D eigenvalue weighted by Gasteiger charge is -2.14. The molecule has 1 aliphatic carbocycles. The molecule has 0 aromatic heterocycles. The summed E-state index contributed by atoms with van der Waals surface area (Å²) in [6.07, 6.45) is 2.38. The molecular formula is C19H19ClO4. The molecule has 24 heavy (non-hydrogen) atoms. The number of rotatable bonds is 7. The lowest BCUT2D eigenvalue weighted by atomic mass is 10.2. The fourth-order valence-electron chi connectivity index (χ4n) is 2.26. The Morgan fingerprint density at radius 2 is 1.88 bits per heavy atom. The lowest BCUT2D eigenvalue weighted by molar-refractivity contribution is 0.0595. The van der Waals surface area contributed by atoms with E-state index in [2.05, 4.69) is 0 Å². The second kappa shape index (κ2) is 7.58. The maximum absolute atomic E-state index is 12.0. The van der Waals surface area contributed by atoms with Crippen LogP contribution in [0.25, 0.3) is 0 Å². The average molecular weight is 347 g/mol. The highest BCUT2D eigenvalue weighted by molar-refractivity contribution is 6.32. The van der Waals surface area contributed by atoms with Crippen LogP contribution in [0.1, 0.15) is 28.8 Å². The third-order valence-corrected chi connectivity index (χ3v) is 4.14. The number of methoxy groups -OCH3 is 1. The van der Waals surface area contributed by atoms with Crippen LogP contribution in [0.15, 0.2) is 42.5 Å². The van der Waals surface area contributed by atoms with Crippen molar-refractivity contribution >= 4 is 17.6 Å². The van der Waals surface area contributed by atoms with Crippen molar-refractivity contribution in [2.24, 2.45) is 5.92 Å². The van der Waals surface area contributed by atoms with Gasteiger partial charge in [0.05, 0.1) is 18.7 Å². The first-order chi connectivity index (χ1) is 11.7. The van der Waals surface area contributed by atoms with Gasteiger partial charge in [-0.2, -0.15) is 0 Å². The highest BCUT2D eigenvalue weighted by atomic mass is 35.5. The molecule has 0 radical (unpaired) electrons. The van der Waals surface area contributed by atoms with Crippen molar-refractivity contribution in [3.8, 4) is 11.5 Å². The van der Waals surface area contributed by atoms with E-state index in [4.69, 9.17) is 25.8 Å². The van der Waals surface area contributed by atoms with Crippen LogP contribution < -0.4 is 9.47 Å². The van der Waals surface area contributed by atoms with Gasteiger partial charge < -0.3 is 14.2 Å². The van der Waals surface area contributed by atoms with Crippen LogP contribution in [0.4, 0.5) is 0 Å². The minimum Gasteiger partial charge on any atom is -0.492 e. The van der Waals surface area contributed by atoms with E-state index >= 15 is 0 Å². The number of carbonyl (C=O) groups is 1. The van der Waals surface area contributed by atoms with E-state index in [0.717, 1.165) is 5.56 Å². The molecule has 1 saturated carbocycles. The first-order valence-corrected chi connectivity index (χ1v) is 8.26. The predicted molar refractivity (Wildman–Crippen MR) is 91.8 cm³/mol. The van der Waals surface area contributed by atoms with Crippen LogP contribution in [0.3, 0.4) is 0 Å². The molecular weight excluding hydrogens is 328 g/mol. The molecule has 0 atom stereocenters. The van der Waals surface area contributed by atoms with Crippen molar-refractivity contribution in [3.63, 3.8) is 0 Å². The van der Waals surface area contributed by atoms with E-state index in [0.29, 0.717) is 35.7 Å². The first-order valence-electron chi connectivity index (χ1n) is 7.88. The van der Waals surface area contributed by atoms with Crippen molar-refractivity contribution in [1.29, 1.82) is 0 Å².